The molecule has 1 amide bonds. The van der Waals surface area contributed by atoms with Gasteiger partial charge in [0.05, 0.1) is 11.4 Å². The zero-order valence-electron chi connectivity index (χ0n) is 12.0. The summed E-state index contributed by atoms with van der Waals surface area (Å²) >= 11 is 0. The van der Waals surface area contributed by atoms with E-state index in [0.29, 0.717) is 24.7 Å². The fourth-order valence-corrected chi connectivity index (χ4v) is 3.36. The summed E-state index contributed by atoms with van der Waals surface area (Å²) in [5, 5.41) is 2.41. The molecule has 2 rings (SSSR count). The number of rotatable bonds is 5. The average Bonchev–Trinajstić information content (AvgIpc) is 2.51. The third-order valence-corrected chi connectivity index (χ3v) is 5.02. The maximum Gasteiger partial charge on any atom is 0.243 e. The van der Waals surface area contributed by atoms with Gasteiger partial charge in [0.2, 0.25) is 15.9 Å². The molecule has 21 heavy (non-hydrogen) atoms. The lowest BCUT2D eigenvalue weighted by Crippen LogP contribution is -2.39. The standard InChI is InChI=1S/C13H18N2O5S/c1-3-15(9-13(16)14-2)21(17,18)10-4-5-11-12(8-10)20-7-6-19-11/h4-5,8H,3,6-7,9H2,1-2H3,(H,14,16). The van der Waals surface area contributed by atoms with Crippen LogP contribution in [0.15, 0.2) is 23.1 Å². The second-order valence-electron chi connectivity index (χ2n) is 4.41. The summed E-state index contributed by atoms with van der Waals surface area (Å²) in [6, 6.07) is 4.45. The van der Waals surface area contributed by atoms with Crippen LogP contribution in [0.25, 0.3) is 0 Å². The highest BCUT2D eigenvalue weighted by Gasteiger charge is 2.26. The summed E-state index contributed by atoms with van der Waals surface area (Å²) in [5.41, 5.74) is 0. The van der Waals surface area contributed by atoms with Crippen molar-refractivity contribution in [3.8, 4) is 11.5 Å². The van der Waals surface area contributed by atoms with E-state index >= 15 is 0 Å². The Labute approximate surface area is 123 Å². The van der Waals surface area contributed by atoms with Gasteiger partial charge in [-0.25, -0.2) is 8.42 Å². The summed E-state index contributed by atoms with van der Waals surface area (Å²) in [6.07, 6.45) is 0. The highest BCUT2D eigenvalue weighted by molar-refractivity contribution is 7.89. The zero-order chi connectivity index (χ0) is 15.5. The van der Waals surface area contributed by atoms with Gasteiger partial charge in [-0.15, -0.1) is 0 Å². The molecular formula is C13H18N2O5S. The fraction of sp³-hybridized carbons (Fsp3) is 0.462. The molecule has 1 aromatic rings. The van der Waals surface area contributed by atoms with Gasteiger partial charge in [0.1, 0.15) is 13.2 Å². The van der Waals surface area contributed by atoms with Gasteiger partial charge in [0.15, 0.2) is 11.5 Å². The minimum absolute atomic E-state index is 0.0810. The van der Waals surface area contributed by atoms with Gasteiger partial charge in [-0.05, 0) is 12.1 Å². The topological polar surface area (TPSA) is 84.9 Å². The van der Waals surface area contributed by atoms with Crippen LogP contribution in [-0.4, -0.2) is 52.0 Å². The van der Waals surface area contributed by atoms with Gasteiger partial charge in [-0.1, -0.05) is 6.92 Å². The molecule has 0 atom stereocenters. The number of ether oxygens (including phenoxy) is 2. The molecule has 1 N–H and O–H groups in total. The van der Waals surface area contributed by atoms with E-state index in [2.05, 4.69) is 5.32 Å². The molecule has 0 saturated carbocycles. The Hall–Kier alpha value is -1.80. The molecule has 0 saturated heterocycles. The third-order valence-electron chi connectivity index (χ3n) is 3.10. The highest BCUT2D eigenvalue weighted by Crippen LogP contribution is 2.33. The first-order valence-electron chi connectivity index (χ1n) is 6.59. The Morgan fingerprint density at radius 3 is 2.57 bits per heavy atom. The lowest BCUT2D eigenvalue weighted by molar-refractivity contribution is -0.120. The molecule has 0 radical (unpaired) electrons. The van der Waals surface area contributed by atoms with Crippen molar-refractivity contribution >= 4 is 15.9 Å². The van der Waals surface area contributed by atoms with E-state index in [1.807, 2.05) is 0 Å². The first-order chi connectivity index (χ1) is 9.98. The maximum absolute atomic E-state index is 12.6. The summed E-state index contributed by atoms with van der Waals surface area (Å²) in [4.78, 5) is 11.5. The molecule has 0 bridgehead atoms. The van der Waals surface area contributed by atoms with Crippen LogP contribution in [0.2, 0.25) is 0 Å². The first kappa shape index (κ1) is 15.6. The molecular weight excluding hydrogens is 296 g/mol. The van der Waals surface area contributed by atoms with Crippen LogP contribution in [0.3, 0.4) is 0 Å². The van der Waals surface area contributed by atoms with E-state index in [1.54, 1.807) is 13.0 Å². The number of carbonyl (C=O) groups excluding carboxylic acids is 1. The van der Waals surface area contributed by atoms with Crippen LogP contribution in [0.1, 0.15) is 6.92 Å². The molecule has 7 nitrogen and oxygen atoms in total. The van der Waals surface area contributed by atoms with Gasteiger partial charge in [0, 0.05) is 19.7 Å². The predicted molar refractivity (Wildman–Crippen MR) is 75.9 cm³/mol. The van der Waals surface area contributed by atoms with Crippen molar-refractivity contribution in [2.75, 3.05) is 33.4 Å². The summed E-state index contributed by atoms with van der Waals surface area (Å²) in [5.74, 6) is 0.561. The molecule has 0 unspecified atom stereocenters. The normalized spacial score (nSPS) is 14.0. The number of nitrogens with zero attached hydrogens (tertiary/aromatic N) is 1. The van der Waals surface area contributed by atoms with Crippen LogP contribution in [0, 0.1) is 0 Å². The number of amides is 1. The number of benzene rings is 1. The second kappa shape index (κ2) is 6.31. The molecule has 8 heteroatoms. The van der Waals surface area contributed by atoms with Crippen LogP contribution in [0.4, 0.5) is 0 Å². The van der Waals surface area contributed by atoms with E-state index in [0.717, 1.165) is 4.31 Å². The molecule has 1 aromatic carbocycles. The van der Waals surface area contributed by atoms with Crippen molar-refractivity contribution in [1.82, 2.24) is 9.62 Å². The van der Waals surface area contributed by atoms with Gasteiger partial charge in [-0.2, -0.15) is 4.31 Å². The van der Waals surface area contributed by atoms with E-state index in [-0.39, 0.29) is 23.9 Å². The third kappa shape index (κ3) is 3.27. The minimum Gasteiger partial charge on any atom is -0.486 e. The number of carbonyl (C=O) groups is 1. The number of hydrogen-bond donors (Lipinski definition) is 1. The molecule has 0 spiro atoms. The Kier molecular flexibility index (Phi) is 4.69. The molecule has 1 aliphatic heterocycles. The first-order valence-corrected chi connectivity index (χ1v) is 8.03. The van der Waals surface area contributed by atoms with Crippen molar-refractivity contribution in [3.05, 3.63) is 18.2 Å². The van der Waals surface area contributed by atoms with Crippen LogP contribution in [-0.2, 0) is 14.8 Å². The van der Waals surface area contributed by atoms with E-state index in [1.165, 1.54) is 19.2 Å². The maximum atomic E-state index is 12.6. The van der Waals surface area contributed by atoms with Crippen molar-refractivity contribution in [2.24, 2.45) is 0 Å². The monoisotopic (exact) mass is 314 g/mol. The van der Waals surface area contributed by atoms with Crippen LogP contribution >= 0.6 is 0 Å². The molecule has 0 aliphatic carbocycles. The van der Waals surface area contributed by atoms with E-state index in [9.17, 15) is 13.2 Å². The predicted octanol–water partition coefficient (Wildman–Crippen LogP) is 0.214. The summed E-state index contributed by atoms with van der Waals surface area (Å²) < 4.78 is 37.0. The minimum atomic E-state index is -3.75. The summed E-state index contributed by atoms with van der Waals surface area (Å²) in [6.45, 7) is 2.48. The number of hydrogen-bond acceptors (Lipinski definition) is 5. The lowest BCUT2D eigenvalue weighted by Gasteiger charge is -2.22. The largest absolute Gasteiger partial charge is 0.486 e. The average molecular weight is 314 g/mol. The van der Waals surface area contributed by atoms with Crippen molar-refractivity contribution in [1.29, 1.82) is 0 Å². The fourth-order valence-electron chi connectivity index (χ4n) is 1.94. The quantitative estimate of drug-likeness (QED) is 0.840. The van der Waals surface area contributed by atoms with Gasteiger partial charge < -0.3 is 14.8 Å². The van der Waals surface area contributed by atoms with Crippen molar-refractivity contribution < 1.29 is 22.7 Å². The number of likely N-dealkylation sites (N-methyl/N-ethyl adjacent to an activating group) is 2. The number of nitrogens with one attached hydrogen (secondary N) is 1. The molecule has 1 aliphatic rings. The molecule has 116 valence electrons. The lowest BCUT2D eigenvalue weighted by atomic mass is 10.3. The zero-order valence-corrected chi connectivity index (χ0v) is 12.8. The summed E-state index contributed by atoms with van der Waals surface area (Å²) in [7, 11) is -2.29. The van der Waals surface area contributed by atoms with Crippen LogP contribution in [0.5, 0.6) is 11.5 Å². The number of sulfonamides is 1. The molecule has 0 aromatic heterocycles. The number of fused-ring (bicyclic) bond motifs is 1. The van der Waals surface area contributed by atoms with Crippen LogP contribution < -0.4 is 14.8 Å². The van der Waals surface area contributed by atoms with E-state index < -0.39 is 10.0 Å². The Morgan fingerprint density at radius 2 is 1.95 bits per heavy atom. The van der Waals surface area contributed by atoms with Crippen molar-refractivity contribution in [2.45, 2.75) is 11.8 Å². The SMILES string of the molecule is CCN(CC(=O)NC)S(=O)(=O)c1ccc2c(c1)OCCO2. The molecule has 1 heterocycles. The highest BCUT2D eigenvalue weighted by atomic mass is 32.2. The second-order valence-corrected chi connectivity index (χ2v) is 6.35. The Morgan fingerprint density at radius 1 is 1.29 bits per heavy atom. The Bertz CT molecular complexity index is 629. The van der Waals surface area contributed by atoms with Gasteiger partial charge in [-0.3, -0.25) is 4.79 Å². The smallest absolute Gasteiger partial charge is 0.243 e. The Balaban J connectivity index is 2.31. The van der Waals surface area contributed by atoms with Gasteiger partial charge >= 0.3 is 0 Å². The van der Waals surface area contributed by atoms with Crippen molar-refractivity contribution in [3.63, 3.8) is 0 Å². The molecule has 0 fully saturated rings. The van der Waals surface area contributed by atoms with E-state index in [4.69, 9.17) is 9.47 Å². The van der Waals surface area contributed by atoms with Gasteiger partial charge in [0.25, 0.3) is 0 Å².